The maximum Gasteiger partial charge on any atom is 0.159 e. The summed E-state index contributed by atoms with van der Waals surface area (Å²) >= 11 is 0. The molecule has 1 fully saturated rings. The summed E-state index contributed by atoms with van der Waals surface area (Å²) in [5, 5.41) is 13.3. The van der Waals surface area contributed by atoms with Gasteiger partial charge in [0.1, 0.15) is 11.9 Å². The van der Waals surface area contributed by atoms with Gasteiger partial charge in [0.15, 0.2) is 5.65 Å². The number of oxime groups is 1. The molecule has 0 saturated heterocycles. The van der Waals surface area contributed by atoms with Crippen LogP contribution in [0.25, 0.3) is 11.0 Å². The number of nitrogens with one attached hydrogen (secondary N) is 1. The van der Waals surface area contributed by atoms with E-state index in [1.165, 1.54) is 19.2 Å². The van der Waals surface area contributed by atoms with E-state index in [2.05, 4.69) is 37.4 Å². The molecule has 2 aliphatic rings. The Morgan fingerprint density at radius 3 is 2.74 bits per heavy atom. The topological polar surface area (TPSA) is 90.1 Å². The van der Waals surface area contributed by atoms with Crippen LogP contribution in [0.3, 0.4) is 0 Å². The van der Waals surface area contributed by atoms with Gasteiger partial charge in [-0.2, -0.15) is 5.10 Å². The number of rotatable bonds is 4. The number of pyridine rings is 1. The van der Waals surface area contributed by atoms with E-state index in [1.807, 2.05) is 17.1 Å². The van der Waals surface area contributed by atoms with Crippen molar-refractivity contribution in [3.05, 3.63) is 36.7 Å². The molecule has 1 N–H and O–H groups in total. The molecule has 27 heavy (non-hydrogen) atoms. The van der Waals surface area contributed by atoms with Gasteiger partial charge in [-0.05, 0) is 32.6 Å². The molecule has 1 saturated carbocycles. The van der Waals surface area contributed by atoms with Crippen molar-refractivity contribution in [2.75, 3.05) is 5.32 Å². The lowest BCUT2D eigenvalue weighted by Gasteiger charge is -2.19. The second-order valence-corrected chi connectivity index (χ2v) is 7.19. The van der Waals surface area contributed by atoms with Gasteiger partial charge in [0.05, 0.1) is 41.1 Å². The minimum Gasteiger partial charge on any atom is -0.389 e. The maximum absolute atomic E-state index is 5.90. The Morgan fingerprint density at radius 1 is 1.15 bits per heavy atom. The minimum atomic E-state index is -0.120. The highest BCUT2D eigenvalue weighted by Gasteiger charge is 2.42. The zero-order valence-electron chi connectivity index (χ0n) is 15.2. The van der Waals surface area contributed by atoms with Crippen LogP contribution in [0.2, 0.25) is 0 Å². The number of nitrogens with zero attached hydrogens (tertiary/aromatic N) is 6. The van der Waals surface area contributed by atoms with Crippen molar-refractivity contribution in [1.82, 2.24) is 24.7 Å². The lowest BCUT2D eigenvalue weighted by atomic mass is 9.92. The van der Waals surface area contributed by atoms with E-state index in [4.69, 9.17) is 4.84 Å². The number of hydrogen-bond donors (Lipinski definition) is 1. The van der Waals surface area contributed by atoms with Gasteiger partial charge in [-0.15, -0.1) is 0 Å². The summed E-state index contributed by atoms with van der Waals surface area (Å²) in [6.07, 6.45) is 14.1. The molecule has 0 aromatic carbocycles. The maximum atomic E-state index is 5.90. The number of aryl methyl sites for hydroxylation is 1. The van der Waals surface area contributed by atoms with E-state index >= 15 is 0 Å². The SMILES string of the molecule is CCn1ncc2c(Nc3cncnc3)c(C3=NOC4(CCCC4)C3)cnc21. The van der Waals surface area contributed by atoms with Gasteiger partial charge in [-0.25, -0.2) is 19.6 Å². The van der Waals surface area contributed by atoms with Crippen LogP contribution in [0, 0.1) is 0 Å². The molecule has 8 heteroatoms. The van der Waals surface area contributed by atoms with Crippen LogP contribution >= 0.6 is 0 Å². The number of fused-ring (bicyclic) bond motifs is 1. The van der Waals surface area contributed by atoms with Crippen molar-refractivity contribution in [2.45, 2.75) is 51.2 Å². The fourth-order valence-electron chi connectivity index (χ4n) is 4.07. The Kier molecular flexibility index (Phi) is 3.77. The summed E-state index contributed by atoms with van der Waals surface area (Å²) in [5.74, 6) is 0. The summed E-state index contributed by atoms with van der Waals surface area (Å²) in [4.78, 5) is 18.8. The predicted octanol–water partition coefficient (Wildman–Crippen LogP) is 3.42. The normalized spacial score (nSPS) is 18.0. The summed E-state index contributed by atoms with van der Waals surface area (Å²) in [6.45, 7) is 2.82. The molecule has 1 aliphatic carbocycles. The molecule has 4 heterocycles. The van der Waals surface area contributed by atoms with Gasteiger partial charge in [-0.1, -0.05) is 5.16 Å². The van der Waals surface area contributed by atoms with Gasteiger partial charge < -0.3 is 10.2 Å². The van der Waals surface area contributed by atoms with Gasteiger partial charge in [-0.3, -0.25) is 0 Å². The zero-order valence-corrected chi connectivity index (χ0v) is 15.2. The van der Waals surface area contributed by atoms with E-state index in [1.54, 1.807) is 12.4 Å². The Balaban J connectivity index is 1.60. The highest BCUT2D eigenvalue weighted by Crippen LogP contribution is 2.42. The second-order valence-electron chi connectivity index (χ2n) is 7.19. The summed E-state index contributed by atoms with van der Waals surface area (Å²) in [7, 11) is 0. The summed E-state index contributed by atoms with van der Waals surface area (Å²) in [5.41, 5.74) is 4.35. The van der Waals surface area contributed by atoms with Gasteiger partial charge in [0.2, 0.25) is 0 Å². The molecular formula is C19H21N7O. The molecule has 3 aromatic heterocycles. The van der Waals surface area contributed by atoms with E-state index in [0.717, 1.165) is 59.5 Å². The first-order chi connectivity index (χ1) is 13.3. The minimum absolute atomic E-state index is 0.120. The average molecular weight is 363 g/mol. The molecule has 1 spiro atoms. The molecule has 8 nitrogen and oxygen atoms in total. The first-order valence-corrected chi connectivity index (χ1v) is 9.40. The highest BCUT2D eigenvalue weighted by atomic mass is 16.7. The first kappa shape index (κ1) is 16.2. The smallest absolute Gasteiger partial charge is 0.159 e. The van der Waals surface area contributed by atoms with Crippen LogP contribution in [-0.4, -0.2) is 36.0 Å². The van der Waals surface area contributed by atoms with Crippen LogP contribution in [0.4, 0.5) is 11.4 Å². The third-order valence-corrected chi connectivity index (χ3v) is 5.46. The third-order valence-electron chi connectivity index (χ3n) is 5.46. The van der Waals surface area contributed by atoms with Gasteiger partial charge in [0, 0.05) is 24.7 Å². The van der Waals surface area contributed by atoms with Crippen molar-refractivity contribution < 1.29 is 4.84 Å². The van der Waals surface area contributed by atoms with Gasteiger partial charge >= 0.3 is 0 Å². The van der Waals surface area contributed by atoms with Crippen LogP contribution in [-0.2, 0) is 11.4 Å². The molecule has 0 bridgehead atoms. The predicted molar refractivity (Wildman–Crippen MR) is 102 cm³/mol. The second kappa shape index (κ2) is 6.29. The van der Waals surface area contributed by atoms with Crippen molar-refractivity contribution in [2.24, 2.45) is 5.16 Å². The molecule has 0 radical (unpaired) electrons. The lowest BCUT2D eigenvalue weighted by Crippen LogP contribution is -2.24. The lowest BCUT2D eigenvalue weighted by molar-refractivity contribution is -0.0126. The summed E-state index contributed by atoms with van der Waals surface area (Å²) in [6, 6.07) is 0. The molecule has 0 unspecified atom stereocenters. The zero-order chi connectivity index (χ0) is 18.3. The molecule has 1 aliphatic heterocycles. The standard InChI is InChI=1S/C19H21N7O/c1-2-26-18-15(11-23-26)17(24-13-8-20-12-21-9-13)14(10-22-18)16-7-19(27-25-16)5-3-4-6-19/h8-12H,2-7H2,1H3,(H,22,24). The molecule has 0 amide bonds. The Bertz CT molecular complexity index is 1010. The van der Waals surface area contributed by atoms with E-state index in [-0.39, 0.29) is 5.60 Å². The number of anilines is 2. The Morgan fingerprint density at radius 2 is 1.96 bits per heavy atom. The van der Waals surface area contributed by atoms with Crippen LogP contribution in [0.5, 0.6) is 0 Å². The van der Waals surface area contributed by atoms with E-state index < -0.39 is 0 Å². The third kappa shape index (κ3) is 2.72. The van der Waals surface area contributed by atoms with Gasteiger partial charge in [0.25, 0.3) is 0 Å². The Hall–Kier alpha value is -3.03. The van der Waals surface area contributed by atoms with E-state index in [0.29, 0.717) is 0 Å². The Labute approximate surface area is 156 Å². The molecule has 5 rings (SSSR count). The van der Waals surface area contributed by atoms with Crippen LogP contribution in [0.1, 0.15) is 44.6 Å². The van der Waals surface area contributed by atoms with Crippen molar-refractivity contribution >= 4 is 28.1 Å². The van der Waals surface area contributed by atoms with Crippen molar-refractivity contribution in [3.63, 3.8) is 0 Å². The highest BCUT2D eigenvalue weighted by molar-refractivity contribution is 6.11. The van der Waals surface area contributed by atoms with Crippen molar-refractivity contribution in [3.8, 4) is 0 Å². The fourth-order valence-corrected chi connectivity index (χ4v) is 4.07. The largest absolute Gasteiger partial charge is 0.389 e. The molecule has 138 valence electrons. The molecule has 3 aromatic rings. The molecule has 0 atom stereocenters. The number of aromatic nitrogens is 5. The monoisotopic (exact) mass is 363 g/mol. The first-order valence-electron chi connectivity index (χ1n) is 9.40. The average Bonchev–Trinajstić information content (AvgIpc) is 3.44. The number of hydrogen-bond acceptors (Lipinski definition) is 7. The van der Waals surface area contributed by atoms with Crippen LogP contribution in [0.15, 0.2) is 36.3 Å². The quantitative estimate of drug-likeness (QED) is 0.764. The van der Waals surface area contributed by atoms with Crippen LogP contribution < -0.4 is 5.32 Å². The van der Waals surface area contributed by atoms with E-state index in [9.17, 15) is 0 Å². The fraction of sp³-hybridized carbons (Fsp3) is 0.421. The molecular weight excluding hydrogens is 342 g/mol. The van der Waals surface area contributed by atoms with Crippen molar-refractivity contribution in [1.29, 1.82) is 0 Å². The summed E-state index contributed by atoms with van der Waals surface area (Å²) < 4.78 is 1.89.